The molecule has 1 rings (SSSR count). The second-order valence-electron chi connectivity index (χ2n) is 3.79. The van der Waals surface area contributed by atoms with E-state index in [1.165, 1.54) is 0 Å². The van der Waals surface area contributed by atoms with Gasteiger partial charge in [0, 0.05) is 6.42 Å². The Kier molecular flexibility index (Phi) is 5.15. The standard InChI is InChI=1S/C12H17NO3S/c1-2-12(14)13-17(15,16)10-6-9-11-7-4-3-5-8-11/h3-5,7-8H,2,6,9-10H2,1H3,(H,13,14). The number of carbonyl (C=O) groups is 1. The molecule has 1 N–H and O–H groups in total. The maximum absolute atomic E-state index is 11.5. The average Bonchev–Trinajstić information content (AvgIpc) is 2.29. The normalized spacial score (nSPS) is 11.1. The average molecular weight is 255 g/mol. The third kappa shape index (κ3) is 5.49. The highest BCUT2D eigenvalue weighted by Gasteiger charge is 2.12. The molecule has 0 saturated carbocycles. The SMILES string of the molecule is CCC(=O)NS(=O)(=O)CCCc1ccccc1. The van der Waals surface area contributed by atoms with Crippen LogP contribution < -0.4 is 4.72 Å². The molecule has 94 valence electrons. The predicted octanol–water partition coefficient (Wildman–Crippen LogP) is 1.48. The topological polar surface area (TPSA) is 63.2 Å². The van der Waals surface area contributed by atoms with E-state index in [2.05, 4.69) is 0 Å². The van der Waals surface area contributed by atoms with Crippen molar-refractivity contribution in [1.29, 1.82) is 0 Å². The molecular weight excluding hydrogens is 238 g/mol. The third-order valence-corrected chi connectivity index (χ3v) is 3.68. The Bertz CT molecular complexity index is 454. The molecule has 17 heavy (non-hydrogen) atoms. The summed E-state index contributed by atoms with van der Waals surface area (Å²) in [6.07, 6.45) is 1.39. The molecule has 0 unspecified atom stereocenters. The molecular formula is C12H17NO3S. The lowest BCUT2D eigenvalue weighted by atomic mass is 10.1. The van der Waals surface area contributed by atoms with Gasteiger partial charge in [0.25, 0.3) is 0 Å². The van der Waals surface area contributed by atoms with E-state index in [1.807, 2.05) is 35.1 Å². The lowest BCUT2D eigenvalue weighted by Gasteiger charge is -2.05. The second-order valence-corrected chi connectivity index (χ2v) is 5.63. The highest BCUT2D eigenvalue weighted by Crippen LogP contribution is 2.03. The Morgan fingerprint density at radius 3 is 2.47 bits per heavy atom. The summed E-state index contributed by atoms with van der Waals surface area (Å²) in [4.78, 5) is 11.0. The molecule has 0 aliphatic rings. The molecule has 0 radical (unpaired) electrons. The van der Waals surface area contributed by atoms with Crippen LogP contribution in [0.2, 0.25) is 0 Å². The lowest BCUT2D eigenvalue weighted by Crippen LogP contribution is -2.32. The highest BCUT2D eigenvalue weighted by atomic mass is 32.2. The lowest BCUT2D eigenvalue weighted by molar-refractivity contribution is -0.119. The smallest absolute Gasteiger partial charge is 0.234 e. The second kappa shape index (κ2) is 6.39. The molecule has 0 bridgehead atoms. The van der Waals surface area contributed by atoms with E-state index in [0.717, 1.165) is 5.56 Å². The van der Waals surface area contributed by atoms with E-state index in [-0.39, 0.29) is 12.2 Å². The molecule has 0 heterocycles. The Balaban J connectivity index is 2.38. The Morgan fingerprint density at radius 1 is 1.24 bits per heavy atom. The zero-order valence-electron chi connectivity index (χ0n) is 9.85. The first-order valence-corrected chi connectivity index (χ1v) is 7.26. The van der Waals surface area contributed by atoms with Gasteiger partial charge in [-0.1, -0.05) is 37.3 Å². The summed E-state index contributed by atoms with van der Waals surface area (Å²) in [7, 11) is -3.46. The van der Waals surface area contributed by atoms with E-state index in [4.69, 9.17) is 0 Å². The maximum atomic E-state index is 11.5. The number of rotatable bonds is 6. The van der Waals surface area contributed by atoms with Crippen molar-refractivity contribution in [3.8, 4) is 0 Å². The quantitative estimate of drug-likeness (QED) is 0.837. The van der Waals surface area contributed by atoms with Gasteiger partial charge >= 0.3 is 0 Å². The van der Waals surface area contributed by atoms with E-state index in [0.29, 0.717) is 12.8 Å². The fourth-order valence-electron chi connectivity index (χ4n) is 1.41. The van der Waals surface area contributed by atoms with Gasteiger partial charge < -0.3 is 0 Å². The van der Waals surface area contributed by atoms with E-state index in [1.54, 1.807) is 6.92 Å². The number of amides is 1. The molecule has 1 aromatic rings. The van der Waals surface area contributed by atoms with Crippen molar-refractivity contribution in [3.63, 3.8) is 0 Å². The summed E-state index contributed by atoms with van der Waals surface area (Å²) in [5.74, 6) is -0.474. The maximum Gasteiger partial charge on any atom is 0.234 e. The molecule has 0 aromatic heterocycles. The predicted molar refractivity (Wildman–Crippen MR) is 67.0 cm³/mol. The molecule has 5 heteroatoms. The van der Waals surface area contributed by atoms with Gasteiger partial charge in [-0.25, -0.2) is 8.42 Å². The van der Waals surface area contributed by atoms with Gasteiger partial charge in [-0.05, 0) is 18.4 Å². The Morgan fingerprint density at radius 2 is 1.88 bits per heavy atom. The van der Waals surface area contributed by atoms with Gasteiger partial charge in [0.2, 0.25) is 15.9 Å². The number of hydrogen-bond acceptors (Lipinski definition) is 3. The van der Waals surface area contributed by atoms with Gasteiger partial charge in [-0.15, -0.1) is 0 Å². The summed E-state index contributed by atoms with van der Waals surface area (Å²) in [5, 5.41) is 0. The van der Waals surface area contributed by atoms with Crippen LogP contribution in [0.3, 0.4) is 0 Å². The Hall–Kier alpha value is -1.36. The number of aryl methyl sites for hydroxylation is 1. The van der Waals surface area contributed by atoms with Crippen LogP contribution in [0.15, 0.2) is 30.3 Å². The minimum Gasteiger partial charge on any atom is -0.274 e. The van der Waals surface area contributed by atoms with Crippen LogP contribution in [-0.4, -0.2) is 20.1 Å². The summed E-state index contributed by atoms with van der Waals surface area (Å²) in [5.41, 5.74) is 1.10. The van der Waals surface area contributed by atoms with Crippen LogP contribution in [0.4, 0.5) is 0 Å². The molecule has 0 aliphatic carbocycles. The van der Waals surface area contributed by atoms with Crippen LogP contribution >= 0.6 is 0 Å². The first-order valence-electron chi connectivity index (χ1n) is 5.61. The molecule has 0 spiro atoms. The van der Waals surface area contributed by atoms with Crippen LogP contribution in [-0.2, 0) is 21.2 Å². The molecule has 1 aromatic carbocycles. The zero-order valence-corrected chi connectivity index (χ0v) is 10.7. The summed E-state index contributed by atoms with van der Waals surface area (Å²) >= 11 is 0. The monoisotopic (exact) mass is 255 g/mol. The third-order valence-electron chi connectivity index (χ3n) is 2.31. The first-order chi connectivity index (χ1) is 8.03. The van der Waals surface area contributed by atoms with E-state index >= 15 is 0 Å². The minimum atomic E-state index is -3.46. The van der Waals surface area contributed by atoms with Crippen molar-refractivity contribution >= 4 is 15.9 Å². The van der Waals surface area contributed by atoms with Crippen molar-refractivity contribution in [1.82, 2.24) is 4.72 Å². The van der Waals surface area contributed by atoms with E-state index < -0.39 is 15.9 Å². The number of benzene rings is 1. The summed E-state index contributed by atoms with van der Waals surface area (Å²) < 4.78 is 24.9. The minimum absolute atomic E-state index is 0.0202. The van der Waals surface area contributed by atoms with Gasteiger partial charge in [0.15, 0.2) is 0 Å². The summed E-state index contributed by atoms with van der Waals surface area (Å²) in [6.45, 7) is 1.62. The number of nitrogens with one attached hydrogen (secondary N) is 1. The molecule has 0 saturated heterocycles. The molecule has 0 atom stereocenters. The van der Waals surface area contributed by atoms with Crippen LogP contribution in [0.1, 0.15) is 25.3 Å². The van der Waals surface area contributed by atoms with Crippen molar-refractivity contribution in [2.75, 3.05) is 5.75 Å². The van der Waals surface area contributed by atoms with Gasteiger partial charge in [-0.3, -0.25) is 9.52 Å². The largest absolute Gasteiger partial charge is 0.274 e. The number of sulfonamides is 1. The van der Waals surface area contributed by atoms with Gasteiger partial charge in [0.1, 0.15) is 0 Å². The zero-order chi connectivity index (χ0) is 12.7. The molecule has 4 nitrogen and oxygen atoms in total. The van der Waals surface area contributed by atoms with E-state index in [9.17, 15) is 13.2 Å². The van der Waals surface area contributed by atoms with Crippen LogP contribution in [0.25, 0.3) is 0 Å². The van der Waals surface area contributed by atoms with Crippen molar-refractivity contribution in [2.24, 2.45) is 0 Å². The van der Waals surface area contributed by atoms with Crippen molar-refractivity contribution < 1.29 is 13.2 Å². The fourth-order valence-corrected chi connectivity index (χ4v) is 2.53. The van der Waals surface area contributed by atoms with Crippen molar-refractivity contribution in [2.45, 2.75) is 26.2 Å². The van der Waals surface area contributed by atoms with Gasteiger partial charge in [0.05, 0.1) is 5.75 Å². The van der Waals surface area contributed by atoms with Crippen molar-refractivity contribution in [3.05, 3.63) is 35.9 Å². The number of carbonyl (C=O) groups excluding carboxylic acids is 1. The Labute approximate surface area is 102 Å². The molecule has 0 aliphatic heterocycles. The van der Waals surface area contributed by atoms with Crippen LogP contribution in [0, 0.1) is 0 Å². The molecule has 1 amide bonds. The highest BCUT2D eigenvalue weighted by molar-refractivity contribution is 7.90. The summed E-state index contributed by atoms with van der Waals surface area (Å²) in [6, 6.07) is 9.67. The first kappa shape index (κ1) is 13.7. The number of hydrogen-bond donors (Lipinski definition) is 1. The molecule has 0 fully saturated rings. The van der Waals surface area contributed by atoms with Gasteiger partial charge in [-0.2, -0.15) is 0 Å². The van der Waals surface area contributed by atoms with Crippen LogP contribution in [0.5, 0.6) is 0 Å². The fraction of sp³-hybridized carbons (Fsp3) is 0.417.